The number of halogens is 2. The van der Waals surface area contributed by atoms with Gasteiger partial charge in [0.1, 0.15) is 29.8 Å². The molecule has 4 rings (SSSR count). The van der Waals surface area contributed by atoms with Gasteiger partial charge in [0.15, 0.2) is 0 Å². The van der Waals surface area contributed by atoms with E-state index in [9.17, 15) is 5.11 Å². The molecule has 4 aromatic rings. The Balaban J connectivity index is 1.61. The van der Waals surface area contributed by atoms with E-state index in [0.717, 1.165) is 5.56 Å². The van der Waals surface area contributed by atoms with Gasteiger partial charge < -0.3 is 9.84 Å². The van der Waals surface area contributed by atoms with Gasteiger partial charge in [0, 0.05) is 23.6 Å². The minimum absolute atomic E-state index is 0.358. The van der Waals surface area contributed by atoms with Crippen LogP contribution >= 0.6 is 23.2 Å². The zero-order chi connectivity index (χ0) is 22.4. The number of nitrogens with zero attached hydrogens (tertiary/aromatic N) is 3. The van der Waals surface area contributed by atoms with Gasteiger partial charge >= 0.3 is 0 Å². The third kappa shape index (κ3) is 5.56. The predicted molar refractivity (Wildman–Crippen MR) is 127 cm³/mol. The summed E-state index contributed by atoms with van der Waals surface area (Å²) in [4.78, 5) is 3.96. The van der Waals surface area contributed by atoms with E-state index in [1.165, 1.54) is 6.33 Å². The fourth-order valence-electron chi connectivity index (χ4n) is 3.29. The third-order valence-electron chi connectivity index (χ3n) is 5.00. The molecule has 0 spiro atoms. The molecule has 0 saturated heterocycles. The van der Waals surface area contributed by atoms with Crippen molar-refractivity contribution in [3.05, 3.63) is 113 Å². The lowest BCUT2D eigenvalue weighted by atomic mass is 9.89. The number of rotatable bonds is 8. The van der Waals surface area contributed by atoms with Gasteiger partial charge in [0.05, 0.1) is 5.02 Å². The molecule has 1 atom stereocenters. The molecule has 1 aromatic heterocycles. The topological polar surface area (TPSA) is 60.2 Å². The Morgan fingerprint density at radius 2 is 1.72 bits per heavy atom. The first-order chi connectivity index (χ1) is 15.5. The van der Waals surface area contributed by atoms with Gasteiger partial charge in [-0.3, -0.25) is 4.68 Å². The van der Waals surface area contributed by atoms with Gasteiger partial charge in [0.25, 0.3) is 0 Å². The summed E-state index contributed by atoms with van der Waals surface area (Å²) in [6.45, 7) is 0.467. The lowest BCUT2D eigenvalue weighted by molar-refractivity contribution is 0.0741. The van der Waals surface area contributed by atoms with E-state index in [4.69, 9.17) is 27.9 Å². The molecule has 0 amide bonds. The smallest absolute Gasteiger partial charge is 0.137 e. The fourth-order valence-corrected chi connectivity index (χ4v) is 3.75. The first-order valence-corrected chi connectivity index (χ1v) is 10.8. The van der Waals surface area contributed by atoms with Crippen LogP contribution in [-0.2, 0) is 12.1 Å². The molecule has 0 radical (unpaired) electrons. The summed E-state index contributed by atoms with van der Waals surface area (Å²) in [5.41, 5.74) is 0.234. The standard InChI is InChI=1S/C25H21Cl2N3O2/c26-20-6-8-21(9-7-20)32-22-10-11-23(24(27)16-22)25(31,14-15-30-18-28-17-29-30)13-12-19-4-2-1-3-5-19/h1-13,16-18,31H,14-15H2. The van der Waals surface area contributed by atoms with Crippen molar-refractivity contribution in [2.75, 3.05) is 0 Å². The van der Waals surface area contributed by atoms with Crippen molar-refractivity contribution < 1.29 is 9.84 Å². The van der Waals surface area contributed by atoms with E-state index in [2.05, 4.69) is 10.1 Å². The average Bonchev–Trinajstić information content (AvgIpc) is 3.33. The second-order valence-electron chi connectivity index (χ2n) is 7.27. The van der Waals surface area contributed by atoms with Gasteiger partial charge in [-0.25, -0.2) is 4.98 Å². The number of hydrogen-bond acceptors (Lipinski definition) is 4. The van der Waals surface area contributed by atoms with Crippen LogP contribution in [0.15, 0.2) is 91.5 Å². The molecule has 1 N–H and O–H groups in total. The Labute approximate surface area is 196 Å². The molecule has 0 bridgehead atoms. The van der Waals surface area contributed by atoms with E-state index >= 15 is 0 Å². The predicted octanol–water partition coefficient (Wildman–Crippen LogP) is 6.37. The molecular formula is C25H21Cl2N3O2. The summed E-state index contributed by atoms with van der Waals surface area (Å²) in [6, 6.07) is 22.1. The van der Waals surface area contributed by atoms with Crippen LogP contribution in [0.4, 0.5) is 0 Å². The second-order valence-corrected chi connectivity index (χ2v) is 8.12. The first kappa shape index (κ1) is 22.1. The highest BCUT2D eigenvalue weighted by Crippen LogP contribution is 2.36. The highest BCUT2D eigenvalue weighted by Gasteiger charge is 2.29. The minimum Gasteiger partial charge on any atom is -0.457 e. The van der Waals surface area contributed by atoms with Gasteiger partial charge in [-0.05, 0) is 48.0 Å². The molecule has 0 aliphatic rings. The quantitative estimate of drug-likeness (QED) is 0.328. The third-order valence-corrected chi connectivity index (χ3v) is 5.56. The average molecular weight is 466 g/mol. The summed E-state index contributed by atoms with van der Waals surface area (Å²) in [7, 11) is 0. The largest absolute Gasteiger partial charge is 0.457 e. The number of benzene rings is 3. The Morgan fingerprint density at radius 1 is 0.969 bits per heavy atom. The van der Waals surface area contributed by atoms with Gasteiger partial charge in [-0.1, -0.05) is 65.7 Å². The van der Waals surface area contributed by atoms with Gasteiger partial charge in [0.2, 0.25) is 0 Å². The molecular weight excluding hydrogens is 445 g/mol. The van der Waals surface area contributed by atoms with Gasteiger partial charge in [-0.2, -0.15) is 5.10 Å². The summed E-state index contributed by atoms with van der Waals surface area (Å²) in [5.74, 6) is 1.20. The van der Waals surface area contributed by atoms with Crippen molar-refractivity contribution in [1.29, 1.82) is 0 Å². The van der Waals surface area contributed by atoms with Crippen LogP contribution in [0, 0.1) is 0 Å². The zero-order valence-electron chi connectivity index (χ0n) is 17.1. The van der Waals surface area contributed by atoms with E-state index < -0.39 is 5.60 Å². The maximum absolute atomic E-state index is 11.6. The molecule has 5 nitrogen and oxygen atoms in total. The van der Waals surface area contributed by atoms with E-state index in [-0.39, 0.29) is 0 Å². The number of aryl methyl sites for hydroxylation is 1. The first-order valence-electron chi connectivity index (χ1n) is 10.0. The van der Waals surface area contributed by atoms with Crippen molar-refractivity contribution >= 4 is 29.3 Å². The zero-order valence-corrected chi connectivity index (χ0v) is 18.6. The van der Waals surface area contributed by atoms with Crippen LogP contribution in [0.2, 0.25) is 10.0 Å². The SMILES string of the molecule is OC(C=Cc1ccccc1)(CCn1cncn1)c1ccc(Oc2ccc(Cl)cc2)cc1Cl. The maximum Gasteiger partial charge on any atom is 0.137 e. The monoisotopic (exact) mass is 465 g/mol. The highest BCUT2D eigenvalue weighted by atomic mass is 35.5. The van der Waals surface area contributed by atoms with Crippen LogP contribution < -0.4 is 4.74 Å². The van der Waals surface area contributed by atoms with Crippen LogP contribution in [0.5, 0.6) is 11.5 Å². The number of hydrogen-bond donors (Lipinski definition) is 1. The Morgan fingerprint density at radius 3 is 2.41 bits per heavy atom. The number of aliphatic hydroxyl groups is 1. The molecule has 0 fully saturated rings. The van der Waals surface area contributed by atoms with E-state index in [1.54, 1.807) is 59.5 Å². The Hall–Kier alpha value is -3.12. The summed E-state index contributed by atoms with van der Waals surface area (Å²) >= 11 is 12.5. The molecule has 162 valence electrons. The molecule has 0 saturated carbocycles. The van der Waals surface area contributed by atoms with E-state index in [0.29, 0.717) is 40.1 Å². The van der Waals surface area contributed by atoms with Crippen molar-refractivity contribution in [2.45, 2.75) is 18.6 Å². The molecule has 1 unspecified atom stereocenters. The summed E-state index contributed by atoms with van der Waals surface area (Å²) < 4.78 is 7.54. The number of ether oxygens (including phenoxy) is 1. The van der Waals surface area contributed by atoms with Crippen molar-refractivity contribution in [3.8, 4) is 11.5 Å². The Bertz CT molecular complexity index is 1180. The molecule has 7 heteroatoms. The second kappa shape index (κ2) is 10.0. The lowest BCUT2D eigenvalue weighted by Crippen LogP contribution is -2.25. The molecule has 32 heavy (non-hydrogen) atoms. The van der Waals surface area contributed by atoms with Crippen LogP contribution in [0.25, 0.3) is 6.08 Å². The van der Waals surface area contributed by atoms with Crippen LogP contribution in [-0.4, -0.2) is 19.9 Å². The lowest BCUT2D eigenvalue weighted by Gasteiger charge is -2.27. The molecule has 0 aliphatic heterocycles. The molecule has 0 aliphatic carbocycles. The summed E-state index contributed by atoms with van der Waals surface area (Å²) in [5, 5.41) is 16.8. The molecule has 3 aromatic carbocycles. The van der Waals surface area contributed by atoms with Crippen LogP contribution in [0.3, 0.4) is 0 Å². The fraction of sp³-hybridized carbons (Fsp3) is 0.120. The maximum atomic E-state index is 11.6. The minimum atomic E-state index is -1.32. The van der Waals surface area contributed by atoms with Crippen LogP contribution in [0.1, 0.15) is 17.5 Å². The summed E-state index contributed by atoms with van der Waals surface area (Å²) in [6.07, 6.45) is 7.09. The Kier molecular flexibility index (Phi) is 6.90. The van der Waals surface area contributed by atoms with Crippen molar-refractivity contribution in [1.82, 2.24) is 14.8 Å². The number of aromatic nitrogens is 3. The molecule has 1 heterocycles. The van der Waals surface area contributed by atoms with Crippen molar-refractivity contribution in [2.24, 2.45) is 0 Å². The van der Waals surface area contributed by atoms with E-state index in [1.807, 2.05) is 36.4 Å². The van der Waals surface area contributed by atoms with Crippen molar-refractivity contribution in [3.63, 3.8) is 0 Å². The van der Waals surface area contributed by atoms with Gasteiger partial charge in [-0.15, -0.1) is 0 Å². The normalized spacial score (nSPS) is 13.2. The highest BCUT2D eigenvalue weighted by molar-refractivity contribution is 6.31.